The van der Waals surface area contributed by atoms with Crippen molar-refractivity contribution in [2.24, 2.45) is 5.73 Å². The number of imide groups is 1. The Labute approximate surface area is 113 Å². The normalized spacial score (nSPS) is 13.0. The molecule has 1 heterocycles. The highest BCUT2D eigenvalue weighted by atomic mass is 16.5. The Morgan fingerprint density at radius 1 is 1.26 bits per heavy atom. The summed E-state index contributed by atoms with van der Waals surface area (Å²) in [6.07, 6.45) is 2.46. The second kappa shape index (κ2) is 10.2. The zero-order chi connectivity index (χ0) is 12.7. The van der Waals surface area contributed by atoms with Gasteiger partial charge in [0.25, 0.3) is 11.8 Å². The van der Waals surface area contributed by atoms with Crippen molar-refractivity contribution in [3.8, 4) is 0 Å². The molecule has 0 aromatic heterocycles. The third-order valence-corrected chi connectivity index (χ3v) is 2.15. The molecule has 0 radical (unpaired) electrons. The first-order valence-corrected chi connectivity index (χ1v) is 5.23. The van der Waals surface area contributed by atoms with Crippen LogP contribution in [0.5, 0.6) is 0 Å². The summed E-state index contributed by atoms with van der Waals surface area (Å²) in [6, 6.07) is 0. The topological polar surface area (TPSA) is 102 Å². The van der Waals surface area contributed by atoms with Gasteiger partial charge in [-0.15, -0.1) is 0 Å². The van der Waals surface area contributed by atoms with Gasteiger partial charge in [-0.05, 0) is 0 Å². The highest BCUT2D eigenvalue weighted by molar-refractivity contribution is 6.13. The van der Waals surface area contributed by atoms with E-state index in [9.17, 15) is 14.4 Å². The Morgan fingerprint density at radius 3 is 2.37 bits per heavy atom. The first kappa shape index (κ1) is 19.6. The van der Waals surface area contributed by atoms with Crippen LogP contribution in [0.25, 0.3) is 0 Å². The molecule has 3 amide bonds. The van der Waals surface area contributed by atoms with Crippen LogP contribution in [0.4, 0.5) is 0 Å². The van der Waals surface area contributed by atoms with Gasteiger partial charge in [-0.3, -0.25) is 19.3 Å². The largest absolute Gasteiger partial charge is 0.365 e. The molecule has 0 aromatic carbocycles. The highest BCUT2D eigenvalue weighted by Crippen LogP contribution is 2.03. The van der Waals surface area contributed by atoms with E-state index in [2.05, 4.69) is 5.32 Å². The van der Waals surface area contributed by atoms with Gasteiger partial charge in [0, 0.05) is 31.7 Å². The Balaban J connectivity index is 0. The highest BCUT2D eigenvalue weighted by Gasteiger charge is 2.23. The van der Waals surface area contributed by atoms with Crippen molar-refractivity contribution >= 4 is 17.7 Å². The second-order valence-electron chi connectivity index (χ2n) is 3.34. The molecule has 1 rings (SSSR count). The number of hydrogen-bond acceptors (Lipinski definition) is 5. The first-order chi connectivity index (χ1) is 8.15. The number of carbonyl (C=O) groups excluding carboxylic acids is 3. The molecule has 0 unspecified atom stereocenters. The number of nitrogens with one attached hydrogen (secondary N) is 1. The summed E-state index contributed by atoms with van der Waals surface area (Å²) in [5, 5.41) is 2.58. The van der Waals surface area contributed by atoms with E-state index < -0.39 is 0 Å². The first-order valence-electron chi connectivity index (χ1n) is 5.23. The lowest BCUT2D eigenvalue weighted by molar-refractivity contribution is -0.137. The van der Waals surface area contributed by atoms with Gasteiger partial charge < -0.3 is 15.8 Å². The van der Waals surface area contributed by atoms with Gasteiger partial charge in [0.2, 0.25) is 5.91 Å². The monoisotopic (exact) mass is 273 g/mol. The molecule has 0 saturated carbocycles. The molecule has 7 nitrogen and oxygen atoms in total. The minimum Gasteiger partial charge on any atom is -0.365 e. The molecule has 1 aliphatic heterocycles. The van der Waals surface area contributed by atoms with Crippen molar-refractivity contribution in [1.82, 2.24) is 10.2 Å². The third kappa shape index (κ3) is 6.68. The fraction of sp³-hybridized carbons (Fsp3) is 0.583. The molecule has 7 heteroatoms. The van der Waals surface area contributed by atoms with E-state index in [0.717, 1.165) is 4.90 Å². The van der Waals surface area contributed by atoms with Crippen LogP contribution in [0.3, 0.4) is 0 Å². The summed E-state index contributed by atoms with van der Waals surface area (Å²) in [7, 11) is 0. The lowest BCUT2D eigenvalue weighted by Crippen LogP contribution is -2.35. The fourth-order valence-electron chi connectivity index (χ4n) is 1.30. The van der Waals surface area contributed by atoms with Crippen molar-refractivity contribution in [2.45, 2.75) is 21.3 Å². The summed E-state index contributed by atoms with van der Waals surface area (Å²) >= 11 is 0. The van der Waals surface area contributed by atoms with Crippen LogP contribution >= 0.6 is 0 Å². The van der Waals surface area contributed by atoms with Gasteiger partial charge >= 0.3 is 0 Å². The van der Waals surface area contributed by atoms with Crippen molar-refractivity contribution in [3.05, 3.63) is 12.2 Å². The average molecular weight is 273 g/mol. The molecule has 0 atom stereocenters. The number of ether oxygens (including phenoxy) is 1. The summed E-state index contributed by atoms with van der Waals surface area (Å²) in [4.78, 5) is 34.6. The maximum Gasteiger partial charge on any atom is 0.253 e. The molecule has 0 spiro atoms. The van der Waals surface area contributed by atoms with Gasteiger partial charge in [-0.2, -0.15) is 0 Å². The molecule has 0 aromatic rings. The van der Waals surface area contributed by atoms with E-state index >= 15 is 0 Å². The van der Waals surface area contributed by atoms with Crippen LogP contribution in [0.2, 0.25) is 0 Å². The van der Waals surface area contributed by atoms with Crippen molar-refractivity contribution < 1.29 is 19.1 Å². The lowest BCUT2D eigenvalue weighted by Gasteiger charge is -2.13. The van der Waals surface area contributed by atoms with Crippen LogP contribution in [0.15, 0.2) is 12.2 Å². The van der Waals surface area contributed by atoms with E-state index in [1.54, 1.807) is 0 Å². The maximum atomic E-state index is 11.3. The Morgan fingerprint density at radius 2 is 1.84 bits per heavy atom. The van der Waals surface area contributed by atoms with Crippen molar-refractivity contribution in [2.75, 3.05) is 26.4 Å². The van der Waals surface area contributed by atoms with Gasteiger partial charge in [0.05, 0.1) is 13.3 Å². The van der Waals surface area contributed by atoms with E-state index in [0.29, 0.717) is 13.2 Å². The van der Waals surface area contributed by atoms with Crippen molar-refractivity contribution in [1.29, 1.82) is 0 Å². The fourth-order valence-corrected chi connectivity index (χ4v) is 1.30. The third-order valence-electron chi connectivity index (χ3n) is 2.15. The predicted molar refractivity (Wildman–Crippen MR) is 72.0 cm³/mol. The lowest BCUT2D eigenvalue weighted by atomic mass is 10.3. The summed E-state index contributed by atoms with van der Waals surface area (Å²) in [6.45, 7) is 0.897. The summed E-state index contributed by atoms with van der Waals surface area (Å²) < 4.78 is 4.83. The average Bonchev–Trinajstić information content (AvgIpc) is 2.62. The maximum absolute atomic E-state index is 11.3. The molecular weight excluding hydrogens is 250 g/mol. The van der Waals surface area contributed by atoms with E-state index in [4.69, 9.17) is 10.5 Å². The van der Waals surface area contributed by atoms with Gasteiger partial charge in [0.1, 0.15) is 0 Å². The van der Waals surface area contributed by atoms with E-state index in [-0.39, 0.29) is 52.3 Å². The SMILES string of the molecule is C.C.NCOCCNC(=O)CCN1C(=O)C=CC1=O. The summed E-state index contributed by atoms with van der Waals surface area (Å²) in [5.41, 5.74) is 5.09. The van der Waals surface area contributed by atoms with Crippen LogP contribution in [0, 0.1) is 0 Å². The zero-order valence-corrected chi connectivity index (χ0v) is 9.35. The number of carbonyl (C=O) groups is 3. The molecule has 110 valence electrons. The second-order valence-corrected chi connectivity index (χ2v) is 3.34. The van der Waals surface area contributed by atoms with Gasteiger partial charge in [-0.25, -0.2) is 0 Å². The van der Waals surface area contributed by atoms with Crippen LogP contribution < -0.4 is 11.1 Å². The molecular formula is C12H23N3O4. The number of amides is 3. The molecule has 3 N–H and O–H groups in total. The molecule has 19 heavy (non-hydrogen) atoms. The molecule has 0 fully saturated rings. The molecule has 0 bridgehead atoms. The van der Waals surface area contributed by atoms with E-state index in [1.807, 2.05) is 0 Å². The number of nitrogens with two attached hydrogens (primary N) is 1. The van der Waals surface area contributed by atoms with Crippen LogP contribution in [-0.2, 0) is 19.1 Å². The minimum atomic E-state index is -0.380. The number of hydrogen-bond donors (Lipinski definition) is 2. The quantitative estimate of drug-likeness (QED) is 0.374. The Hall–Kier alpha value is -1.73. The minimum absolute atomic E-state index is 0. The van der Waals surface area contributed by atoms with Gasteiger partial charge in [-0.1, -0.05) is 14.9 Å². The van der Waals surface area contributed by atoms with Crippen LogP contribution in [0.1, 0.15) is 21.3 Å². The Kier molecular flexibility index (Phi) is 10.5. The molecule has 0 aliphatic carbocycles. The number of rotatable bonds is 7. The Bertz CT molecular complexity index is 324. The summed E-state index contributed by atoms with van der Waals surface area (Å²) in [5.74, 6) is -0.998. The smallest absolute Gasteiger partial charge is 0.253 e. The van der Waals surface area contributed by atoms with E-state index in [1.165, 1.54) is 12.2 Å². The predicted octanol–water partition coefficient (Wildman–Crippen LogP) is -0.377. The van der Waals surface area contributed by atoms with Crippen molar-refractivity contribution in [3.63, 3.8) is 0 Å². The molecule has 1 aliphatic rings. The standard InChI is InChI=1S/C10H15N3O4.2CH4/c11-7-17-6-4-12-8(14)3-5-13-9(15)1-2-10(13)16;;/h1-2H,3-7,11H2,(H,12,14);2*1H4. The van der Waals surface area contributed by atoms with Gasteiger partial charge in [0.15, 0.2) is 0 Å². The van der Waals surface area contributed by atoms with Crippen LogP contribution in [-0.4, -0.2) is 49.0 Å². The zero-order valence-electron chi connectivity index (χ0n) is 9.35. The molecule has 0 saturated heterocycles. The number of nitrogens with zero attached hydrogens (tertiary/aromatic N) is 1.